The second-order valence-corrected chi connectivity index (χ2v) is 5.97. The molecule has 1 aliphatic rings. The number of carbonyl (C=O) groups excluding carboxylic acids is 1. The summed E-state index contributed by atoms with van der Waals surface area (Å²) in [6.07, 6.45) is 3.21. The average molecular weight is 276 g/mol. The first-order valence-corrected chi connectivity index (χ1v) is 7.31. The van der Waals surface area contributed by atoms with Crippen molar-refractivity contribution in [3.05, 3.63) is 33.8 Å². The third kappa shape index (κ3) is 2.59. The van der Waals surface area contributed by atoms with Crippen LogP contribution in [0.2, 0.25) is 0 Å². The standard InChI is InChI=1S/C13H16N4OS/c1-2-10-3-4-11(19-10)5-13(18)12-8-17(16-15-12)9-6-14-7-9/h3-4,8-9,14H,2,5-7H2,1H3. The van der Waals surface area contributed by atoms with E-state index in [1.165, 1.54) is 4.88 Å². The number of nitrogens with one attached hydrogen (secondary N) is 1. The number of aromatic nitrogens is 3. The summed E-state index contributed by atoms with van der Waals surface area (Å²) in [5.74, 6) is 0.0445. The summed E-state index contributed by atoms with van der Waals surface area (Å²) >= 11 is 1.70. The zero-order valence-corrected chi connectivity index (χ0v) is 11.6. The highest BCUT2D eigenvalue weighted by Crippen LogP contribution is 2.19. The van der Waals surface area contributed by atoms with Gasteiger partial charge in [0.2, 0.25) is 0 Å². The van der Waals surface area contributed by atoms with Gasteiger partial charge >= 0.3 is 0 Å². The fraction of sp³-hybridized carbons (Fsp3) is 0.462. The van der Waals surface area contributed by atoms with Crippen LogP contribution in [0.1, 0.15) is 33.2 Å². The topological polar surface area (TPSA) is 59.8 Å². The molecule has 19 heavy (non-hydrogen) atoms. The van der Waals surface area contributed by atoms with Gasteiger partial charge in [0, 0.05) is 29.3 Å². The Bertz CT molecular complexity index is 585. The van der Waals surface area contributed by atoms with Crippen molar-refractivity contribution in [2.75, 3.05) is 13.1 Å². The molecule has 5 nitrogen and oxygen atoms in total. The number of rotatable bonds is 5. The Morgan fingerprint density at radius 2 is 2.26 bits per heavy atom. The quantitative estimate of drug-likeness (QED) is 0.840. The zero-order valence-electron chi connectivity index (χ0n) is 10.8. The van der Waals surface area contributed by atoms with Crippen LogP contribution < -0.4 is 5.32 Å². The Hall–Kier alpha value is -1.53. The van der Waals surface area contributed by atoms with E-state index in [1.807, 2.05) is 6.07 Å². The van der Waals surface area contributed by atoms with Crippen LogP contribution in [0.5, 0.6) is 0 Å². The van der Waals surface area contributed by atoms with Crippen molar-refractivity contribution < 1.29 is 4.79 Å². The smallest absolute Gasteiger partial charge is 0.189 e. The second-order valence-electron chi connectivity index (χ2n) is 4.72. The van der Waals surface area contributed by atoms with Crippen molar-refractivity contribution >= 4 is 17.1 Å². The van der Waals surface area contributed by atoms with Gasteiger partial charge in [0.05, 0.1) is 12.2 Å². The van der Waals surface area contributed by atoms with Crippen LogP contribution in [0.25, 0.3) is 0 Å². The maximum atomic E-state index is 12.1. The molecule has 1 saturated heterocycles. The number of ketones is 1. The number of hydrogen-bond acceptors (Lipinski definition) is 5. The molecule has 0 saturated carbocycles. The van der Waals surface area contributed by atoms with Crippen molar-refractivity contribution in [1.29, 1.82) is 0 Å². The molecule has 2 aromatic heterocycles. The Morgan fingerprint density at radius 3 is 2.89 bits per heavy atom. The zero-order chi connectivity index (χ0) is 13.2. The van der Waals surface area contributed by atoms with Crippen LogP contribution in [0, 0.1) is 0 Å². The SMILES string of the molecule is CCc1ccc(CC(=O)c2cn(C3CNC3)nn2)s1. The van der Waals surface area contributed by atoms with E-state index in [2.05, 4.69) is 28.6 Å². The van der Waals surface area contributed by atoms with Crippen molar-refractivity contribution in [3.8, 4) is 0 Å². The molecule has 2 aromatic rings. The van der Waals surface area contributed by atoms with Crippen LogP contribution in [-0.2, 0) is 12.8 Å². The molecule has 1 N–H and O–H groups in total. The molecule has 0 unspecified atom stereocenters. The second kappa shape index (κ2) is 5.22. The summed E-state index contributed by atoms with van der Waals surface area (Å²) in [6, 6.07) is 4.47. The van der Waals surface area contributed by atoms with Crippen LogP contribution in [-0.4, -0.2) is 33.9 Å². The Balaban J connectivity index is 1.67. The molecule has 0 aliphatic carbocycles. The predicted octanol–water partition coefficient (Wildman–Crippen LogP) is 1.47. The first-order valence-electron chi connectivity index (χ1n) is 6.49. The van der Waals surface area contributed by atoms with Gasteiger partial charge in [-0.15, -0.1) is 16.4 Å². The highest BCUT2D eigenvalue weighted by Gasteiger charge is 2.21. The molecule has 3 heterocycles. The first kappa shape index (κ1) is 12.5. The summed E-state index contributed by atoms with van der Waals surface area (Å²) in [4.78, 5) is 14.5. The molecule has 1 aliphatic heterocycles. The lowest BCUT2D eigenvalue weighted by atomic mass is 10.2. The highest BCUT2D eigenvalue weighted by atomic mass is 32.1. The lowest BCUT2D eigenvalue weighted by Gasteiger charge is -2.26. The molecule has 6 heteroatoms. The number of Topliss-reactive ketones (excluding diaryl/α,β-unsaturated/α-hetero) is 1. The van der Waals surface area contributed by atoms with E-state index in [4.69, 9.17) is 0 Å². The molecule has 0 radical (unpaired) electrons. The normalized spacial score (nSPS) is 15.4. The van der Waals surface area contributed by atoms with Crippen molar-refractivity contribution in [1.82, 2.24) is 20.3 Å². The summed E-state index contributed by atoms with van der Waals surface area (Å²) in [7, 11) is 0. The first-order chi connectivity index (χ1) is 9.26. The fourth-order valence-corrected chi connectivity index (χ4v) is 2.96. The predicted molar refractivity (Wildman–Crippen MR) is 73.7 cm³/mol. The van der Waals surface area contributed by atoms with Gasteiger partial charge in [-0.25, -0.2) is 4.68 Å². The number of aryl methyl sites for hydroxylation is 1. The van der Waals surface area contributed by atoms with E-state index >= 15 is 0 Å². The average Bonchev–Trinajstić information content (AvgIpc) is 2.96. The van der Waals surface area contributed by atoms with Crippen LogP contribution in [0.15, 0.2) is 18.3 Å². The fourth-order valence-electron chi connectivity index (χ4n) is 2.00. The van der Waals surface area contributed by atoms with E-state index in [-0.39, 0.29) is 5.78 Å². The molecule has 0 atom stereocenters. The molecule has 3 rings (SSSR count). The van der Waals surface area contributed by atoms with Gasteiger partial charge in [0.15, 0.2) is 5.78 Å². The maximum Gasteiger partial charge on any atom is 0.189 e. The van der Waals surface area contributed by atoms with E-state index in [9.17, 15) is 4.79 Å². The number of nitrogens with zero attached hydrogens (tertiary/aromatic N) is 3. The van der Waals surface area contributed by atoms with Crippen LogP contribution >= 0.6 is 11.3 Å². The summed E-state index contributed by atoms with van der Waals surface area (Å²) in [6.45, 7) is 3.93. The lowest BCUT2D eigenvalue weighted by Crippen LogP contribution is -2.43. The minimum atomic E-state index is 0.0445. The molecular weight excluding hydrogens is 260 g/mol. The highest BCUT2D eigenvalue weighted by molar-refractivity contribution is 7.12. The van der Waals surface area contributed by atoms with Gasteiger partial charge in [0.25, 0.3) is 0 Å². The van der Waals surface area contributed by atoms with E-state index < -0.39 is 0 Å². The van der Waals surface area contributed by atoms with Gasteiger partial charge in [-0.05, 0) is 18.6 Å². The molecule has 0 spiro atoms. The van der Waals surface area contributed by atoms with E-state index in [0.717, 1.165) is 24.4 Å². The van der Waals surface area contributed by atoms with E-state index in [1.54, 1.807) is 22.2 Å². The molecule has 0 amide bonds. The number of hydrogen-bond donors (Lipinski definition) is 1. The molecular formula is C13H16N4OS. The summed E-state index contributed by atoms with van der Waals surface area (Å²) < 4.78 is 1.79. The monoisotopic (exact) mass is 276 g/mol. The number of thiophene rings is 1. The Kier molecular flexibility index (Phi) is 3.44. The summed E-state index contributed by atoms with van der Waals surface area (Å²) in [5.41, 5.74) is 0.471. The van der Waals surface area contributed by atoms with Gasteiger partial charge in [-0.2, -0.15) is 0 Å². The third-order valence-electron chi connectivity index (χ3n) is 3.33. The molecule has 0 bridgehead atoms. The van der Waals surface area contributed by atoms with Gasteiger partial charge in [-0.1, -0.05) is 12.1 Å². The van der Waals surface area contributed by atoms with Crippen molar-refractivity contribution in [2.24, 2.45) is 0 Å². The third-order valence-corrected chi connectivity index (χ3v) is 4.56. The lowest BCUT2D eigenvalue weighted by molar-refractivity contribution is 0.0989. The Morgan fingerprint density at radius 1 is 1.47 bits per heavy atom. The maximum absolute atomic E-state index is 12.1. The molecule has 1 fully saturated rings. The van der Waals surface area contributed by atoms with Gasteiger partial charge in [0.1, 0.15) is 5.69 Å². The van der Waals surface area contributed by atoms with E-state index in [0.29, 0.717) is 18.2 Å². The molecule has 0 aromatic carbocycles. The van der Waals surface area contributed by atoms with Crippen LogP contribution in [0.3, 0.4) is 0 Å². The minimum Gasteiger partial charge on any atom is -0.312 e. The van der Waals surface area contributed by atoms with Crippen LogP contribution in [0.4, 0.5) is 0 Å². The summed E-state index contributed by atoms with van der Waals surface area (Å²) in [5, 5.41) is 11.2. The largest absolute Gasteiger partial charge is 0.312 e. The minimum absolute atomic E-state index is 0.0445. The molecule has 100 valence electrons. The van der Waals surface area contributed by atoms with Gasteiger partial charge in [-0.3, -0.25) is 4.79 Å². The Labute approximate surface area is 115 Å². The number of carbonyl (C=O) groups is 1. The van der Waals surface area contributed by atoms with Crippen molar-refractivity contribution in [2.45, 2.75) is 25.8 Å². The van der Waals surface area contributed by atoms with Crippen molar-refractivity contribution in [3.63, 3.8) is 0 Å². The van der Waals surface area contributed by atoms with Gasteiger partial charge < -0.3 is 5.32 Å².